The van der Waals surface area contributed by atoms with Gasteiger partial charge in [-0.1, -0.05) is 12.1 Å². The number of hydrogen-bond acceptors (Lipinski definition) is 3. The van der Waals surface area contributed by atoms with Gasteiger partial charge in [0.15, 0.2) is 0 Å². The summed E-state index contributed by atoms with van der Waals surface area (Å²) in [5.74, 6) is -0.191. The van der Waals surface area contributed by atoms with Gasteiger partial charge in [0.05, 0.1) is 18.7 Å². The number of fused-ring (bicyclic) bond motifs is 3. The Balaban J connectivity index is 1.81. The first kappa shape index (κ1) is 12.0. The highest BCUT2D eigenvalue weighted by atomic mass is 19.1. The van der Waals surface area contributed by atoms with Crippen LogP contribution in [0.5, 0.6) is 0 Å². The summed E-state index contributed by atoms with van der Waals surface area (Å²) in [7, 11) is 0. The van der Waals surface area contributed by atoms with Gasteiger partial charge in [-0.3, -0.25) is 4.98 Å². The van der Waals surface area contributed by atoms with Crippen molar-refractivity contribution in [1.82, 2.24) is 10.3 Å². The average molecular weight is 270 g/mol. The lowest BCUT2D eigenvalue weighted by atomic mass is 9.91. The molecule has 0 aliphatic carbocycles. The lowest BCUT2D eigenvalue weighted by Gasteiger charge is -2.35. The van der Waals surface area contributed by atoms with Crippen LogP contribution < -0.4 is 5.32 Å². The summed E-state index contributed by atoms with van der Waals surface area (Å²) < 4.78 is 19.9. The molecule has 4 heteroatoms. The van der Waals surface area contributed by atoms with Crippen LogP contribution in [0, 0.1) is 5.82 Å². The molecule has 0 spiro atoms. The summed E-state index contributed by atoms with van der Waals surface area (Å²) in [6.07, 6.45) is 4.59. The van der Waals surface area contributed by atoms with E-state index in [4.69, 9.17) is 4.74 Å². The van der Waals surface area contributed by atoms with Crippen LogP contribution in [0.25, 0.3) is 16.5 Å². The van der Waals surface area contributed by atoms with Crippen molar-refractivity contribution in [2.45, 2.75) is 18.5 Å². The number of aromatic nitrogens is 1. The fourth-order valence-corrected chi connectivity index (χ4v) is 3.07. The van der Waals surface area contributed by atoms with E-state index in [0.29, 0.717) is 24.3 Å². The van der Waals surface area contributed by atoms with Gasteiger partial charge in [0.1, 0.15) is 5.82 Å². The fourth-order valence-electron chi connectivity index (χ4n) is 3.07. The second-order valence-electron chi connectivity index (χ2n) is 5.43. The van der Waals surface area contributed by atoms with Crippen LogP contribution in [-0.2, 0) is 4.74 Å². The van der Waals surface area contributed by atoms with Crippen molar-refractivity contribution in [3.05, 3.63) is 47.9 Å². The van der Waals surface area contributed by atoms with Crippen LogP contribution in [0.2, 0.25) is 0 Å². The van der Waals surface area contributed by atoms with Crippen molar-refractivity contribution < 1.29 is 9.13 Å². The minimum Gasteiger partial charge on any atom is -0.378 e. The molecule has 0 saturated carbocycles. The molecule has 1 N–H and O–H groups in total. The molecule has 2 aliphatic heterocycles. The Bertz CT molecular complexity index is 698. The molecule has 0 amide bonds. The number of ether oxygens (including phenoxy) is 1. The molecule has 1 aromatic heterocycles. The predicted molar refractivity (Wildman–Crippen MR) is 75.8 cm³/mol. The maximum Gasteiger partial charge on any atom is 0.132 e. The molecule has 0 radical (unpaired) electrons. The first-order valence-electron chi connectivity index (χ1n) is 6.89. The number of benzene rings is 1. The SMILES string of the molecule is Fc1cc2ncccc2cc1C1=CC2COCC(C1)N2. The summed E-state index contributed by atoms with van der Waals surface area (Å²) in [5, 5.41) is 4.45. The Morgan fingerprint density at radius 1 is 1.30 bits per heavy atom. The predicted octanol–water partition coefficient (Wildman–Crippen LogP) is 2.52. The third kappa shape index (κ3) is 2.01. The number of nitrogens with one attached hydrogen (secondary N) is 1. The summed E-state index contributed by atoms with van der Waals surface area (Å²) in [6, 6.07) is 7.77. The van der Waals surface area contributed by atoms with Gasteiger partial charge < -0.3 is 10.1 Å². The molecular weight excluding hydrogens is 255 g/mol. The highest BCUT2D eigenvalue weighted by molar-refractivity contribution is 5.84. The topological polar surface area (TPSA) is 34.1 Å². The van der Waals surface area contributed by atoms with Crippen LogP contribution in [0.3, 0.4) is 0 Å². The van der Waals surface area contributed by atoms with Gasteiger partial charge in [-0.2, -0.15) is 0 Å². The lowest BCUT2D eigenvalue weighted by molar-refractivity contribution is 0.0561. The van der Waals surface area contributed by atoms with Gasteiger partial charge >= 0.3 is 0 Å². The molecule has 2 bridgehead atoms. The van der Waals surface area contributed by atoms with E-state index >= 15 is 0 Å². The van der Waals surface area contributed by atoms with Crippen molar-refractivity contribution in [3.8, 4) is 0 Å². The zero-order chi connectivity index (χ0) is 13.5. The molecule has 20 heavy (non-hydrogen) atoms. The van der Waals surface area contributed by atoms with E-state index < -0.39 is 0 Å². The summed E-state index contributed by atoms with van der Waals surface area (Å²) >= 11 is 0. The summed E-state index contributed by atoms with van der Waals surface area (Å²) in [6.45, 7) is 1.36. The van der Waals surface area contributed by atoms with E-state index in [1.165, 1.54) is 6.07 Å². The largest absolute Gasteiger partial charge is 0.378 e. The number of pyridine rings is 1. The maximum absolute atomic E-state index is 14.3. The monoisotopic (exact) mass is 270 g/mol. The normalized spacial score (nSPS) is 25.6. The summed E-state index contributed by atoms with van der Waals surface area (Å²) in [4.78, 5) is 4.19. The average Bonchev–Trinajstić information content (AvgIpc) is 2.46. The molecule has 1 saturated heterocycles. The molecule has 2 unspecified atom stereocenters. The van der Waals surface area contributed by atoms with Crippen LogP contribution in [-0.4, -0.2) is 30.3 Å². The lowest BCUT2D eigenvalue weighted by Crippen LogP contribution is -2.50. The molecule has 2 aliphatic rings. The molecule has 102 valence electrons. The maximum atomic E-state index is 14.3. The Kier molecular flexibility index (Phi) is 2.79. The first-order valence-corrected chi connectivity index (χ1v) is 6.89. The zero-order valence-corrected chi connectivity index (χ0v) is 11.0. The Hall–Kier alpha value is -1.78. The van der Waals surface area contributed by atoms with Crippen LogP contribution in [0.4, 0.5) is 4.39 Å². The van der Waals surface area contributed by atoms with E-state index in [9.17, 15) is 4.39 Å². The van der Waals surface area contributed by atoms with Crippen molar-refractivity contribution in [3.63, 3.8) is 0 Å². The molecule has 3 nitrogen and oxygen atoms in total. The van der Waals surface area contributed by atoms with E-state index in [1.807, 2.05) is 18.2 Å². The number of morpholine rings is 1. The zero-order valence-electron chi connectivity index (χ0n) is 11.0. The minimum absolute atomic E-state index is 0.191. The van der Waals surface area contributed by atoms with Crippen molar-refractivity contribution in [2.75, 3.05) is 13.2 Å². The molecule has 2 aromatic rings. The standard InChI is InChI=1S/C16H15FN2O/c17-15-7-16-10(2-1-3-18-16)6-14(15)11-4-12-8-20-9-13(5-11)19-12/h1-4,6-7,12-13,19H,5,8-9H2. The third-order valence-electron chi connectivity index (χ3n) is 3.97. The Morgan fingerprint density at radius 3 is 3.15 bits per heavy atom. The molecular formula is C16H15FN2O. The van der Waals surface area contributed by atoms with Crippen molar-refractivity contribution in [1.29, 1.82) is 0 Å². The molecule has 4 rings (SSSR count). The van der Waals surface area contributed by atoms with E-state index in [1.54, 1.807) is 6.20 Å². The second-order valence-corrected chi connectivity index (χ2v) is 5.43. The highest BCUT2D eigenvalue weighted by Crippen LogP contribution is 2.30. The molecule has 1 aromatic carbocycles. The molecule has 1 fully saturated rings. The smallest absolute Gasteiger partial charge is 0.132 e. The Labute approximate surface area is 116 Å². The number of rotatable bonds is 1. The minimum atomic E-state index is -0.191. The fraction of sp³-hybridized carbons (Fsp3) is 0.312. The quantitative estimate of drug-likeness (QED) is 0.864. The van der Waals surface area contributed by atoms with Gasteiger partial charge in [-0.15, -0.1) is 0 Å². The molecule has 2 atom stereocenters. The second kappa shape index (κ2) is 4.65. The number of hydrogen-bond donors (Lipinski definition) is 1. The van der Waals surface area contributed by atoms with E-state index in [-0.39, 0.29) is 17.9 Å². The molecule has 3 heterocycles. The van der Waals surface area contributed by atoms with Crippen LogP contribution in [0.1, 0.15) is 12.0 Å². The van der Waals surface area contributed by atoms with E-state index in [2.05, 4.69) is 16.4 Å². The van der Waals surface area contributed by atoms with Gasteiger partial charge in [-0.25, -0.2) is 4.39 Å². The first-order chi connectivity index (χ1) is 9.79. The van der Waals surface area contributed by atoms with Gasteiger partial charge in [0.25, 0.3) is 0 Å². The third-order valence-corrected chi connectivity index (χ3v) is 3.97. The van der Waals surface area contributed by atoms with Gasteiger partial charge in [0.2, 0.25) is 0 Å². The van der Waals surface area contributed by atoms with Crippen molar-refractivity contribution >= 4 is 16.5 Å². The Morgan fingerprint density at radius 2 is 2.25 bits per heavy atom. The van der Waals surface area contributed by atoms with Crippen LogP contribution >= 0.6 is 0 Å². The number of halogens is 1. The van der Waals surface area contributed by atoms with Crippen LogP contribution in [0.15, 0.2) is 36.5 Å². The van der Waals surface area contributed by atoms with Gasteiger partial charge in [0, 0.05) is 35.3 Å². The van der Waals surface area contributed by atoms with Gasteiger partial charge in [-0.05, 0) is 24.1 Å². The summed E-state index contributed by atoms with van der Waals surface area (Å²) in [5.41, 5.74) is 2.47. The highest BCUT2D eigenvalue weighted by Gasteiger charge is 2.27. The van der Waals surface area contributed by atoms with Crippen molar-refractivity contribution in [2.24, 2.45) is 0 Å². The van der Waals surface area contributed by atoms with E-state index in [0.717, 1.165) is 17.4 Å². The number of nitrogens with zero attached hydrogens (tertiary/aromatic N) is 1.